The van der Waals surface area contributed by atoms with Crippen LogP contribution in [0.25, 0.3) is 0 Å². The molecule has 1 aromatic carbocycles. The number of hydrogen-bond acceptors (Lipinski definition) is 2. The first kappa shape index (κ1) is 13.9. The first-order valence-electron chi connectivity index (χ1n) is 5.20. The zero-order valence-corrected chi connectivity index (χ0v) is 10.8. The number of amides is 1. The van der Waals surface area contributed by atoms with Crippen molar-refractivity contribution in [3.8, 4) is 0 Å². The van der Waals surface area contributed by atoms with Gasteiger partial charge in [0.05, 0.1) is 10.0 Å². The second kappa shape index (κ2) is 7.20. The molecule has 0 heterocycles. The zero-order chi connectivity index (χ0) is 12.7. The van der Waals surface area contributed by atoms with Gasteiger partial charge in [-0.15, -0.1) is 6.58 Å². The first-order chi connectivity index (χ1) is 8.13. The molecule has 0 fully saturated rings. The molecule has 0 aliphatic carbocycles. The van der Waals surface area contributed by atoms with E-state index >= 15 is 0 Å². The molecular weight excluding hydrogens is 259 g/mol. The largest absolute Gasteiger partial charge is 0.384 e. The molecular formula is C12H14Cl2N2O. The topological polar surface area (TPSA) is 41.1 Å². The lowest BCUT2D eigenvalue weighted by Crippen LogP contribution is -2.25. The van der Waals surface area contributed by atoms with Gasteiger partial charge in [-0.25, -0.2) is 0 Å². The van der Waals surface area contributed by atoms with Gasteiger partial charge in [0.2, 0.25) is 5.91 Å². The fourth-order valence-electron chi connectivity index (χ4n) is 1.20. The normalized spacial score (nSPS) is 9.76. The maximum absolute atomic E-state index is 11.3. The van der Waals surface area contributed by atoms with E-state index in [9.17, 15) is 4.79 Å². The van der Waals surface area contributed by atoms with Crippen LogP contribution in [0.15, 0.2) is 30.9 Å². The third-order valence-electron chi connectivity index (χ3n) is 2.04. The summed E-state index contributed by atoms with van der Waals surface area (Å²) in [5, 5.41) is 6.79. The van der Waals surface area contributed by atoms with Crippen LogP contribution < -0.4 is 10.6 Å². The van der Waals surface area contributed by atoms with Crippen molar-refractivity contribution in [3.05, 3.63) is 40.9 Å². The highest BCUT2D eigenvalue weighted by atomic mass is 35.5. The molecule has 5 heteroatoms. The fourth-order valence-corrected chi connectivity index (χ4v) is 1.50. The van der Waals surface area contributed by atoms with Crippen LogP contribution in [-0.4, -0.2) is 19.0 Å². The van der Waals surface area contributed by atoms with Crippen LogP contribution in [0, 0.1) is 0 Å². The van der Waals surface area contributed by atoms with Crippen molar-refractivity contribution in [1.82, 2.24) is 5.32 Å². The summed E-state index contributed by atoms with van der Waals surface area (Å²) in [7, 11) is 0. The predicted octanol–water partition coefficient (Wildman–Crippen LogP) is 3.10. The van der Waals surface area contributed by atoms with E-state index < -0.39 is 0 Å². The molecule has 17 heavy (non-hydrogen) atoms. The summed E-state index contributed by atoms with van der Waals surface area (Å²) < 4.78 is 0. The Balaban J connectivity index is 2.33. The SMILES string of the molecule is C=CCNC(=O)CCNc1ccc(Cl)c(Cl)c1. The molecule has 3 nitrogen and oxygen atoms in total. The molecule has 0 aliphatic rings. The van der Waals surface area contributed by atoms with Crippen molar-refractivity contribution >= 4 is 34.8 Å². The van der Waals surface area contributed by atoms with E-state index in [-0.39, 0.29) is 5.91 Å². The maximum Gasteiger partial charge on any atom is 0.222 e. The molecule has 1 rings (SSSR count). The number of nitrogens with one attached hydrogen (secondary N) is 2. The molecule has 1 aromatic rings. The maximum atomic E-state index is 11.3. The second-order valence-electron chi connectivity index (χ2n) is 3.40. The van der Waals surface area contributed by atoms with Crippen LogP contribution in [0.4, 0.5) is 5.69 Å². The highest BCUT2D eigenvalue weighted by Gasteiger charge is 2.01. The quantitative estimate of drug-likeness (QED) is 0.782. The fraction of sp³-hybridized carbons (Fsp3) is 0.250. The van der Waals surface area contributed by atoms with E-state index in [1.54, 1.807) is 18.2 Å². The molecule has 0 radical (unpaired) electrons. The Labute approximate surface area is 111 Å². The second-order valence-corrected chi connectivity index (χ2v) is 4.21. The molecule has 0 spiro atoms. The lowest BCUT2D eigenvalue weighted by Gasteiger charge is -2.07. The van der Waals surface area contributed by atoms with Gasteiger partial charge in [-0.3, -0.25) is 4.79 Å². The van der Waals surface area contributed by atoms with Gasteiger partial charge in [-0.2, -0.15) is 0 Å². The summed E-state index contributed by atoms with van der Waals surface area (Å²) in [6.07, 6.45) is 2.04. The van der Waals surface area contributed by atoms with E-state index in [2.05, 4.69) is 17.2 Å². The minimum Gasteiger partial charge on any atom is -0.384 e. The van der Waals surface area contributed by atoms with E-state index in [0.29, 0.717) is 29.6 Å². The Morgan fingerprint density at radius 1 is 1.35 bits per heavy atom. The van der Waals surface area contributed by atoms with E-state index in [1.165, 1.54) is 0 Å². The highest BCUT2D eigenvalue weighted by molar-refractivity contribution is 6.42. The Kier molecular flexibility index (Phi) is 5.87. The average molecular weight is 273 g/mol. The average Bonchev–Trinajstić information content (AvgIpc) is 2.31. The van der Waals surface area contributed by atoms with Crippen LogP contribution in [0.1, 0.15) is 6.42 Å². The third kappa shape index (κ3) is 5.11. The van der Waals surface area contributed by atoms with Crippen molar-refractivity contribution in [2.45, 2.75) is 6.42 Å². The van der Waals surface area contributed by atoms with Gasteiger partial charge in [-0.1, -0.05) is 29.3 Å². The van der Waals surface area contributed by atoms with Crippen molar-refractivity contribution in [2.75, 3.05) is 18.4 Å². The van der Waals surface area contributed by atoms with Crippen molar-refractivity contribution < 1.29 is 4.79 Å². The predicted molar refractivity (Wildman–Crippen MR) is 72.8 cm³/mol. The molecule has 0 bridgehead atoms. The van der Waals surface area contributed by atoms with Gasteiger partial charge < -0.3 is 10.6 Å². The Morgan fingerprint density at radius 2 is 2.12 bits per heavy atom. The molecule has 0 unspecified atom stereocenters. The molecule has 1 amide bonds. The molecule has 0 aliphatic heterocycles. The van der Waals surface area contributed by atoms with Crippen molar-refractivity contribution in [1.29, 1.82) is 0 Å². The Bertz CT molecular complexity index is 407. The van der Waals surface area contributed by atoms with Gasteiger partial charge in [0, 0.05) is 25.2 Å². The third-order valence-corrected chi connectivity index (χ3v) is 2.78. The molecule has 0 saturated heterocycles. The van der Waals surface area contributed by atoms with Gasteiger partial charge in [0.25, 0.3) is 0 Å². The lowest BCUT2D eigenvalue weighted by molar-refractivity contribution is -0.120. The zero-order valence-electron chi connectivity index (χ0n) is 9.30. The summed E-state index contributed by atoms with van der Waals surface area (Å²) in [6, 6.07) is 5.26. The number of rotatable bonds is 6. The summed E-state index contributed by atoms with van der Waals surface area (Å²) >= 11 is 11.7. The van der Waals surface area contributed by atoms with Crippen molar-refractivity contribution in [2.24, 2.45) is 0 Å². The standard InChI is InChI=1S/C12H14Cl2N2O/c1-2-6-16-12(17)5-7-15-9-3-4-10(13)11(14)8-9/h2-4,8,15H,1,5-7H2,(H,16,17). The number of hydrogen-bond donors (Lipinski definition) is 2. The van der Waals surface area contributed by atoms with Gasteiger partial charge in [-0.05, 0) is 18.2 Å². The monoisotopic (exact) mass is 272 g/mol. The first-order valence-corrected chi connectivity index (χ1v) is 5.95. The molecule has 0 saturated carbocycles. The summed E-state index contributed by atoms with van der Waals surface area (Å²) in [5.74, 6) is -0.0162. The number of benzene rings is 1. The lowest BCUT2D eigenvalue weighted by atomic mass is 10.3. The summed E-state index contributed by atoms with van der Waals surface area (Å²) in [4.78, 5) is 11.3. The van der Waals surface area contributed by atoms with Crippen LogP contribution in [0.2, 0.25) is 10.0 Å². The van der Waals surface area contributed by atoms with Gasteiger partial charge >= 0.3 is 0 Å². The number of carbonyl (C=O) groups excluding carboxylic acids is 1. The number of anilines is 1. The van der Waals surface area contributed by atoms with E-state index in [4.69, 9.17) is 23.2 Å². The minimum absolute atomic E-state index is 0.0162. The molecule has 2 N–H and O–H groups in total. The number of halogens is 2. The number of carbonyl (C=O) groups is 1. The Hall–Kier alpha value is -1.19. The van der Waals surface area contributed by atoms with Crippen LogP contribution in [0.5, 0.6) is 0 Å². The Morgan fingerprint density at radius 3 is 2.76 bits per heavy atom. The highest BCUT2D eigenvalue weighted by Crippen LogP contribution is 2.24. The van der Waals surface area contributed by atoms with E-state index in [1.807, 2.05) is 6.07 Å². The minimum atomic E-state index is -0.0162. The van der Waals surface area contributed by atoms with Gasteiger partial charge in [0.1, 0.15) is 0 Å². The van der Waals surface area contributed by atoms with Crippen LogP contribution in [-0.2, 0) is 4.79 Å². The van der Waals surface area contributed by atoms with Crippen LogP contribution >= 0.6 is 23.2 Å². The summed E-state index contributed by atoms with van der Waals surface area (Å²) in [6.45, 7) is 4.56. The smallest absolute Gasteiger partial charge is 0.222 e. The van der Waals surface area contributed by atoms with E-state index in [0.717, 1.165) is 5.69 Å². The summed E-state index contributed by atoms with van der Waals surface area (Å²) in [5.41, 5.74) is 0.843. The molecule has 0 atom stereocenters. The molecule has 92 valence electrons. The van der Waals surface area contributed by atoms with Crippen molar-refractivity contribution in [3.63, 3.8) is 0 Å². The van der Waals surface area contributed by atoms with Crippen LogP contribution in [0.3, 0.4) is 0 Å². The molecule has 0 aromatic heterocycles. The van der Waals surface area contributed by atoms with Gasteiger partial charge in [0.15, 0.2) is 0 Å².